The third-order valence-corrected chi connectivity index (χ3v) is 7.60. The monoisotopic (exact) mass is 463 g/mol. The summed E-state index contributed by atoms with van der Waals surface area (Å²) in [6, 6.07) is 13.3. The quantitative estimate of drug-likeness (QED) is 0.622. The molecule has 1 amide bonds. The van der Waals surface area contributed by atoms with Crippen molar-refractivity contribution in [3.05, 3.63) is 64.5 Å². The molecule has 1 saturated heterocycles. The standard InChI is InChI=1S/C20H18ClN3O4S2/c21-17-4-2-1-3-16(17)19(25)23-20-22-18(13-29-20)14-5-7-15(8-6-14)30(26,27)24-9-11-28-12-10-24/h1-8,13H,9-12H2,(H,22,23,25). The van der Waals surface area contributed by atoms with Crippen LogP contribution in [0.5, 0.6) is 0 Å². The van der Waals surface area contributed by atoms with Gasteiger partial charge in [-0.05, 0) is 24.3 Å². The Kier molecular flexibility index (Phi) is 6.16. The zero-order valence-electron chi connectivity index (χ0n) is 15.7. The molecule has 4 rings (SSSR count). The number of sulfonamides is 1. The average molecular weight is 464 g/mol. The van der Waals surface area contributed by atoms with E-state index < -0.39 is 10.0 Å². The summed E-state index contributed by atoms with van der Waals surface area (Å²) in [5.41, 5.74) is 1.77. The number of anilines is 1. The van der Waals surface area contributed by atoms with Gasteiger partial charge in [-0.3, -0.25) is 10.1 Å². The third-order valence-electron chi connectivity index (χ3n) is 4.60. The molecule has 1 aromatic heterocycles. The van der Waals surface area contributed by atoms with Gasteiger partial charge in [0.15, 0.2) is 5.13 Å². The van der Waals surface area contributed by atoms with Crippen molar-refractivity contribution in [2.24, 2.45) is 0 Å². The highest BCUT2D eigenvalue weighted by Crippen LogP contribution is 2.27. The van der Waals surface area contributed by atoms with Crippen molar-refractivity contribution in [2.75, 3.05) is 31.6 Å². The van der Waals surface area contributed by atoms with E-state index in [0.717, 1.165) is 5.56 Å². The van der Waals surface area contributed by atoms with Crippen LogP contribution in [0, 0.1) is 0 Å². The van der Waals surface area contributed by atoms with Gasteiger partial charge in [0.1, 0.15) is 0 Å². The number of hydrogen-bond acceptors (Lipinski definition) is 6. The second kappa shape index (κ2) is 8.83. The van der Waals surface area contributed by atoms with Crippen LogP contribution in [0.1, 0.15) is 10.4 Å². The van der Waals surface area contributed by atoms with Gasteiger partial charge >= 0.3 is 0 Å². The first kappa shape index (κ1) is 21.0. The maximum atomic E-state index is 12.7. The number of halogens is 1. The van der Waals surface area contributed by atoms with E-state index in [2.05, 4.69) is 10.3 Å². The third kappa shape index (κ3) is 4.40. The Morgan fingerprint density at radius 2 is 1.80 bits per heavy atom. The Morgan fingerprint density at radius 1 is 1.10 bits per heavy atom. The van der Waals surface area contributed by atoms with Crippen LogP contribution in [0.3, 0.4) is 0 Å². The van der Waals surface area contributed by atoms with E-state index in [4.69, 9.17) is 16.3 Å². The van der Waals surface area contributed by atoms with Crippen LogP contribution in [-0.2, 0) is 14.8 Å². The number of morpholine rings is 1. The van der Waals surface area contributed by atoms with Gasteiger partial charge in [-0.25, -0.2) is 13.4 Å². The van der Waals surface area contributed by atoms with Crippen LogP contribution >= 0.6 is 22.9 Å². The van der Waals surface area contributed by atoms with Gasteiger partial charge in [-0.15, -0.1) is 11.3 Å². The lowest BCUT2D eigenvalue weighted by Gasteiger charge is -2.26. The van der Waals surface area contributed by atoms with Crippen LogP contribution in [-0.4, -0.2) is 49.9 Å². The first-order valence-corrected chi connectivity index (χ1v) is 11.8. The minimum Gasteiger partial charge on any atom is -0.379 e. The van der Waals surface area contributed by atoms with Crippen LogP contribution in [0.25, 0.3) is 11.3 Å². The van der Waals surface area contributed by atoms with Crippen molar-refractivity contribution in [1.82, 2.24) is 9.29 Å². The normalized spacial score (nSPS) is 15.1. The van der Waals surface area contributed by atoms with E-state index in [1.54, 1.807) is 53.9 Å². The summed E-state index contributed by atoms with van der Waals surface area (Å²) in [5.74, 6) is -0.339. The molecule has 2 heterocycles. The number of rotatable bonds is 5. The first-order valence-electron chi connectivity index (χ1n) is 9.15. The summed E-state index contributed by atoms with van der Waals surface area (Å²) in [7, 11) is -3.54. The predicted molar refractivity (Wildman–Crippen MR) is 117 cm³/mol. The minimum atomic E-state index is -3.54. The molecule has 3 aromatic rings. The topological polar surface area (TPSA) is 88.6 Å². The van der Waals surface area contributed by atoms with Crippen LogP contribution in [0.15, 0.2) is 58.8 Å². The number of carbonyl (C=O) groups is 1. The molecule has 0 spiro atoms. The zero-order chi connectivity index (χ0) is 21.1. The number of carbonyl (C=O) groups excluding carboxylic acids is 1. The number of ether oxygens (including phenoxy) is 1. The number of nitrogens with one attached hydrogen (secondary N) is 1. The maximum Gasteiger partial charge on any atom is 0.258 e. The van der Waals surface area contributed by atoms with Crippen molar-refractivity contribution < 1.29 is 17.9 Å². The number of hydrogen-bond donors (Lipinski definition) is 1. The molecule has 1 N–H and O–H groups in total. The summed E-state index contributed by atoms with van der Waals surface area (Å²) in [6.45, 7) is 1.51. The molecule has 7 nitrogen and oxygen atoms in total. The summed E-state index contributed by atoms with van der Waals surface area (Å²) in [4.78, 5) is 17.0. The Morgan fingerprint density at radius 3 is 2.50 bits per heavy atom. The van der Waals surface area contributed by atoms with E-state index in [1.165, 1.54) is 15.6 Å². The van der Waals surface area contributed by atoms with Crippen molar-refractivity contribution >= 4 is 44.0 Å². The zero-order valence-corrected chi connectivity index (χ0v) is 18.1. The molecular formula is C20H18ClN3O4S2. The molecule has 0 aliphatic carbocycles. The molecular weight excluding hydrogens is 446 g/mol. The molecule has 0 bridgehead atoms. The van der Waals surface area contributed by atoms with E-state index in [0.29, 0.717) is 47.7 Å². The molecule has 1 aliphatic rings. The fourth-order valence-corrected chi connectivity index (χ4v) is 5.35. The van der Waals surface area contributed by atoms with E-state index >= 15 is 0 Å². The lowest BCUT2D eigenvalue weighted by atomic mass is 10.2. The van der Waals surface area contributed by atoms with Crippen LogP contribution < -0.4 is 5.32 Å². The summed E-state index contributed by atoms with van der Waals surface area (Å²) >= 11 is 7.34. The SMILES string of the molecule is O=C(Nc1nc(-c2ccc(S(=O)(=O)N3CCOCC3)cc2)cs1)c1ccccc1Cl. The number of nitrogens with zero attached hydrogens (tertiary/aromatic N) is 2. The fraction of sp³-hybridized carbons (Fsp3) is 0.200. The van der Waals surface area contributed by atoms with Crippen molar-refractivity contribution in [3.8, 4) is 11.3 Å². The molecule has 0 saturated carbocycles. The molecule has 2 aromatic carbocycles. The second-order valence-corrected chi connectivity index (χ2v) is 9.72. The first-order chi connectivity index (χ1) is 14.4. The largest absolute Gasteiger partial charge is 0.379 e. The Balaban J connectivity index is 1.48. The van der Waals surface area contributed by atoms with E-state index in [1.807, 2.05) is 0 Å². The predicted octanol–water partition coefficient (Wildman–Crippen LogP) is 3.74. The average Bonchev–Trinajstić information content (AvgIpc) is 3.23. The van der Waals surface area contributed by atoms with Gasteiger partial charge in [-0.1, -0.05) is 35.9 Å². The number of benzene rings is 2. The van der Waals surface area contributed by atoms with Gasteiger partial charge in [0.2, 0.25) is 10.0 Å². The smallest absolute Gasteiger partial charge is 0.258 e. The number of amides is 1. The molecule has 0 radical (unpaired) electrons. The lowest BCUT2D eigenvalue weighted by molar-refractivity contribution is 0.0730. The molecule has 30 heavy (non-hydrogen) atoms. The highest BCUT2D eigenvalue weighted by Gasteiger charge is 2.26. The minimum absolute atomic E-state index is 0.232. The maximum absolute atomic E-state index is 12.7. The van der Waals surface area contributed by atoms with Gasteiger partial charge in [0.25, 0.3) is 5.91 Å². The van der Waals surface area contributed by atoms with Gasteiger partial charge in [0.05, 0.1) is 34.4 Å². The molecule has 1 fully saturated rings. The number of aromatic nitrogens is 1. The summed E-state index contributed by atoms with van der Waals surface area (Å²) in [6.07, 6.45) is 0. The Labute approximate surface area is 183 Å². The molecule has 0 unspecified atom stereocenters. The van der Waals surface area contributed by atoms with Crippen molar-refractivity contribution in [2.45, 2.75) is 4.90 Å². The highest BCUT2D eigenvalue weighted by molar-refractivity contribution is 7.89. The molecule has 1 aliphatic heterocycles. The van der Waals surface area contributed by atoms with Crippen LogP contribution in [0.2, 0.25) is 5.02 Å². The van der Waals surface area contributed by atoms with Crippen LogP contribution in [0.4, 0.5) is 5.13 Å². The fourth-order valence-electron chi connectivity index (χ4n) is 3.01. The van der Waals surface area contributed by atoms with Crippen molar-refractivity contribution in [1.29, 1.82) is 0 Å². The highest BCUT2D eigenvalue weighted by atomic mass is 35.5. The lowest BCUT2D eigenvalue weighted by Crippen LogP contribution is -2.40. The van der Waals surface area contributed by atoms with E-state index in [-0.39, 0.29) is 10.8 Å². The number of thiazole rings is 1. The molecule has 10 heteroatoms. The Hall–Kier alpha value is -2.30. The molecule has 156 valence electrons. The van der Waals surface area contributed by atoms with Crippen molar-refractivity contribution in [3.63, 3.8) is 0 Å². The second-order valence-electron chi connectivity index (χ2n) is 6.51. The summed E-state index contributed by atoms with van der Waals surface area (Å²) in [5, 5.41) is 5.33. The molecule has 0 atom stereocenters. The Bertz CT molecular complexity index is 1160. The van der Waals surface area contributed by atoms with Gasteiger partial charge in [0, 0.05) is 24.0 Å². The summed E-state index contributed by atoms with van der Waals surface area (Å²) < 4.78 is 32.1. The van der Waals surface area contributed by atoms with Gasteiger partial charge < -0.3 is 4.74 Å². The van der Waals surface area contributed by atoms with E-state index in [9.17, 15) is 13.2 Å². The van der Waals surface area contributed by atoms with Gasteiger partial charge in [-0.2, -0.15) is 4.31 Å².